The van der Waals surface area contributed by atoms with Gasteiger partial charge < -0.3 is 29.2 Å². The molecule has 7 heteroatoms. The van der Waals surface area contributed by atoms with Gasteiger partial charge in [-0.05, 0) is 35.7 Å². The number of carbonyl (C=O) groups excluding carboxylic acids is 1. The molecule has 146 valence electrons. The zero-order valence-electron chi connectivity index (χ0n) is 16.3. The Morgan fingerprint density at radius 3 is 2.11 bits per heavy atom. The first-order valence-corrected chi connectivity index (χ1v) is 8.92. The zero-order chi connectivity index (χ0) is 19.8. The van der Waals surface area contributed by atoms with E-state index in [1.54, 1.807) is 28.4 Å². The molecule has 0 saturated carbocycles. The highest BCUT2D eigenvalue weighted by Gasteiger charge is 2.26. The van der Waals surface area contributed by atoms with Gasteiger partial charge in [-0.3, -0.25) is 4.79 Å². The first kappa shape index (κ1) is 18.0. The van der Waals surface area contributed by atoms with Crippen LogP contribution in [0.25, 0.3) is 22.0 Å². The number of rotatable bonds is 4. The molecule has 0 fully saturated rings. The normalized spacial score (nSPS) is 13.1. The molecular weight excluding hydrogens is 360 g/mol. The van der Waals surface area contributed by atoms with E-state index >= 15 is 0 Å². The molecular formula is C21H22N2O5. The van der Waals surface area contributed by atoms with Crippen LogP contribution in [-0.4, -0.2) is 45.9 Å². The van der Waals surface area contributed by atoms with Crippen molar-refractivity contribution in [3.05, 3.63) is 35.5 Å². The molecule has 0 bridgehead atoms. The van der Waals surface area contributed by atoms with Gasteiger partial charge in [0.1, 0.15) is 5.69 Å². The van der Waals surface area contributed by atoms with E-state index in [-0.39, 0.29) is 5.91 Å². The molecule has 0 radical (unpaired) electrons. The molecule has 2 aromatic carbocycles. The molecule has 4 rings (SSSR count). The van der Waals surface area contributed by atoms with E-state index in [2.05, 4.69) is 10.3 Å². The molecule has 1 aliphatic heterocycles. The smallest absolute Gasteiger partial charge is 0.268 e. The number of fused-ring (bicyclic) bond motifs is 5. The fourth-order valence-corrected chi connectivity index (χ4v) is 3.73. The molecule has 28 heavy (non-hydrogen) atoms. The summed E-state index contributed by atoms with van der Waals surface area (Å²) in [5, 5.41) is 3.83. The van der Waals surface area contributed by atoms with Gasteiger partial charge in [-0.2, -0.15) is 0 Å². The Labute approximate surface area is 162 Å². The van der Waals surface area contributed by atoms with E-state index in [0.29, 0.717) is 41.7 Å². The average Bonchev–Trinajstić information content (AvgIpc) is 3.08. The molecule has 3 aromatic rings. The van der Waals surface area contributed by atoms with Crippen LogP contribution in [0.5, 0.6) is 23.0 Å². The van der Waals surface area contributed by atoms with Gasteiger partial charge in [0.2, 0.25) is 0 Å². The molecule has 0 aliphatic carbocycles. The number of nitrogens with one attached hydrogen (secondary N) is 2. The predicted molar refractivity (Wildman–Crippen MR) is 106 cm³/mol. The van der Waals surface area contributed by atoms with Crippen LogP contribution in [0.3, 0.4) is 0 Å². The maximum absolute atomic E-state index is 12.8. The fourth-order valence-electron chi connectivity index (χ4n) is 3.73. The molecule has 0 atom stereocenters. The van der Waals surface area contributed by atoms with Crippen molar-refractivity contribution < 1.29 is 23.7 Å². The summed E-state index contributed by atoms with van der Waals surface area (Å²) < 4.78 is 21.8. The summed E-state index contributed by atoms with van der Waals surface area (Å²) in [5.41, 5.74) is 4.10. The number of benzene rings is 2. The molecule has 1 aliphatic rings. The van der Waals surface area contributed by atoms with Gasteiger partial charge in [0.15, 0.2) is 23.0 Å². The van der Waals surface area contributed by atoms with Crippen molar-refractivity contribution in [2.45, 2.75) is 6.42 Å². The van der Waals surface area contributed by atoms with Crippen molar-refractivity contribution in [1.82, 2.24) is 10.3 Å². The summed E-state index contributed by atoms with van der Waals surface area (Å²) in [6, 6.07) is 7.62. The number of amides is 1. The third-order valence-electron chi connectivity index (χ3n) is 5.09. The van der Waals surface area contributed by atoms with Gasteiger partial charge >= 0.3 is 0 Å². The Balaban J connectivity index is 2.08. The second-order valence-corrected chi connectivity index (χ2v) is 6.50. The first-order chi connectivity index (χ1) is 13.6. The Bertz CT molecular complexity index is 1070. The van der Waals surface area contributed by atoms with E-state index < -0.39 is 0 Å². The highest BCUT2D eigenvalue weighted by Crippen LogP contribution is 2.43. The van der Waals surface area contributed by atoms with Crippen LogP contribution in [0.2, 0.25) is 0 Å². The van der Waals surface area contributed by atoms with Crippen molar-refractivity contribution >= 4 is 16.8 Å². The number of methoxy groups -OCH3 is 4. The lowest BCUT2D eigenvalue weighted by Crippen LogP contribution is -2.28. The highest BCUT2D eigenvalue weighted by atomic mass is 16.5. The number of H-pyrrole nitrogens is 1. The Morgan fingerprint density at radius 1 is 0.821 bits per heavy atom. The lowest BCUT2D eigenvalue weighted by molar-refractivity contribution is 0.0950. The Morgan fingerprint density at radius 2 is 1.43 bits per heavy atom. The number of aromatic amines is 1. The summed E-state index contributed by atoms with van der Waals surface area (Å²) in [4.78, 5) is 16.0. The molecule has 1 amide bonds. The first-order valence-electron chi connectivity index (χ1n) is 8.92. The number of hydrogen-bond donors (Lipinski definition) is 2. The van der Waals surface area contributed by atoms with Crippen LogP contribution >= 0.6 is 0 Å². The Kier molecular flexibility index (Phi) is 4.50. The molecule has 2 N–H and O–H groups in total. The van der Waals surface area contributed by atoms with E-state index in [9.17, 15) is 4.79 Å². The summed E-state index contributed by atoms with van der Waals surface area (Å²) in [6.07, 6.45) is 0.681. The monoisotopic (exact) mass is 382 g/mol. The van der Waals surface area contributed by atoms with Gasteiger partial charge in [0.05, 0.1) is 34.0 Å². The lowest BCUT2D eigenvalue weighted by atomic mass is 9.93. The van der Waals surface area contributed by atoms with Crippen LogP contribution in [0.4, 0.5) is 0 Å². The molecule has 0 saturated heterocycles. The van der Waals surface area contributed by atoms with Gasteiger partial charge in [-0.25, -0.2) is 0 Å². The van der Waals surface area contributed by atoms with Gasteiger partial charge in [-0.15, -0.1) is 0 Å². The molecule has 7 nitrogen and oxygen atoms in total. The minimum atomic E-state index is -0.149. The fraction of sp³-hybridized carbons (Fsp3) is 0.286. The number of aromatic nitrogens is 1. The zero-order valence-corrected chi connectivity index (χ0v) is 16.3. The third-order valence-corrected chi connectivity index (χ3v) is 5.09. The lowest BCUT2D eigenvalue weighted by Gasteiger charge is -2.18. The van der Waals surface area contributed by atoms with Gasteiger partial charge in [0, 0.05) is 23.6 Å². The van der Waals surface area contributed by atoms with E-state index in [0.717, 1.165) is 27.6 Å². The average molecular weight is 382 g/mol. The summed E-state index contributed by atoms with van der Waals surface area (Å²) >= 11 is 0. The number of hydrogen-bond acceptors (Lipinski definition) is 5. The second-order valence-electron chi connectivity index (χ2n) is 6.50. The van der Waals surface area contributed by atoms with Crippen LogP contribution in [0, 0.1) is 0 Å². The molecule has 0 spiro atoms. The highest BCUT2D eigenvalue weighted by molar-refractivity contribution is 6.11. The summed E-state index contributed by atoms with van der Waals surface area (Å²) in [5.74, 6) is 2.32. The van der Waals surface area contributed by atoms with Crippen LogP contribution in [0.15, 0.2) is 24.3 Å². The predicted octanol–water partition coefficient (Wildman–Crippen LogP) is 3.16. The standard InChI is InChI=1S/C21H22N2O5/c1-25-15-7-11-5-6-22-21(24)20-19(12(11)8-16(15)26-2)13-9-17(27-3)18(28-4)10-14(13)23-20/h7-10,23H,5-6H2,1-4H3,(H,22,24). The molecule has 0 unspecified atom stereocenters. The van der Waals surface area contributed by atoms with Crippen molar-refractivity contribution in [2.24, 2.45) is 0 Å². The second kappa shape index (κ2) is 6.99. The maximum Gasteiger partial charge on any atom is 0.268 e. The van der Waals surface area contributed by atoms with Crippen LogP contribution < -0.4 is 24.3 Å². The van der Waals surface area contributed by atoms with E-state index in [1.165, 1.54) is 0 Å². The van der Waals surface area contributed by atoms with Crippen molar-refractivity contribution in [2.75, 3.05) is 35.0 Å². The largest absolute Gasteiger partial charge is 0.493 e. The van der Waals surface area contributed by atoms with E-state index in [1.807, 2.05) is 24.3 Å². The molecule has 2 heterocycles. The number of ether oxygens (including phenoxy) is 4. The minimum Gasteiger partial charge on any atom is -0.493 e. The molecule has 1 aromatic heterocycles. The van der Waals surface area contributed by atoms with Crippen molar-refractivity contribution in [3.63, 3.8) is 0 Å². The Hall–Kier alpha value is -3.35. The summed E-state index contributed by atoms with van der Waals surface area (Å²) in [6.45, 7) is 0.531. The summed E-state index contributed by atoms with van der Waals surface area (Å²) in [7, 11) is 6.39. The van der Waals surface area contributed by atoms with Crippen molar-refractivity contribution in [3.8, 4) is 34.1 Å². The van der Waals surface area contributed by atoms with Crippen LogP contribution in [-0.2, 0) is 6.42 Å². The third kappa shape index (κ3) is 2.70. The quantitative estimate of drug-likeness (QED) is 0.724. The SMILES string of the molecule is COc1cc2c(cc1OC)-c1c([nH]c3cc(OC)c(OC)cc13)C(=O)NCC2. The topological polar surface area (TPSA) is 81.8 Å². The van der Waals surface area contributed by atoms with Gasteiger partial charge in [-0.1, -0.05) is 0 Å². The van der Waals surface area contributed by atoms with E-state index in [4.69, 9.17) is 18.9 Å². The maximum atomic E-state index is 12.8. The van der Waals surface area contributed by atoms with Crippen LogP contribution in [0.1, 0.15) is 16.1 Å². The van der Waals surface area contributed by atoms with Crippen molar-refractivity contribution in [1.29, 1.82) is 0 Å². The van der Waals surface area contributed by atoms with Gasteiger partial charge in [0.25, 0.3) is 5.91 Å². The number of carbonyl (C=O) groups is 1. The minimum absolute atomic E-state index is 0.149.